The molecule has 3 heterocycles. The summed E-state index contributed by atoms with van der Waals surface area (Å²) in [5, 5.41) is 16.5. The van der Waals surface area contributed by atoms with Crippen LogP contribution in [-0.2, 0) is 19.1 Å². The maximum absolute atomic E-state index is 14.3. The molecule has 3 N–H and O–H groups in total. The van der Waals surface area contributed by atoms with E-state index in [9.17, 15) is 19.5 Å². The average Bonchev–Trinajstić information content (AvgIpc) is 3.46. The van der Waals surface area contributed by atoms with E-state index in [4.69, 9.17) is 4.74 Å². The minimum atomic E-state index is -1.16. The van der Waals surface area contributed by atoms with Gasteiger partial charge in [-0.1, -0.05) is 44.2 Å². The maximum Gasteiger partial charge on any atom is 0.250 e. The molecule has 6 atom stereocenters. The SMILES string of the molecule is Cc1ccc(C)c(NC(=O)C2N([C@@H](CO)CC(C)C)C(=O)[C@@H]3[C@H](C(=O)Nc4ccccc4)[C@]4(C)CCC23O4)c1. The van der Waals surface area contributed by atoms with Crippen LogP contribution in [0.5, 0.6) is 0 Å². The van der Waals surface area contributed by atoms with Crippen molar-refractivity contribution in [3.63, 3.8) is 0 Å². The summed E-state index contributed by atoms with van der Waals surface area (Å²) in [6, 6.07) is 13.4. The van der Waals surface area contributed by atoms with Gasteiger partial charge >= 0.3 is 0 Å². The first-order valence-electron chi connectivity index (χ1n) is 13.9. The van der Waals surface area contributed by atoms with Gasteiger partial charge in [0.05, 0.1) is 30.1 Å². The van der Waals surface area contributed by atoms with Crippen LogP contribution in [0.2, 0.25) is 0 Å². The average molecular weight is 534 g/mol. The normalized spacial score (nSPS) is 30.0. The number of benzene rings is 2. The van der Waals surface area contributed by atoms with E-state index in [1.165, 1.54) is 0 Å². The van der Waals surface area contributed by atoms with Gasteiger partial charge in [-0.05, 0) is 75.3 Å². The fraction of sp³-hybridized carbons (Fsp3) is 0.516. The van der Waals surface area contributed by atoms with Crippen LogP contribution in [0.1, 0.15) is 51.2 Å². The summed E-state index contributed by atoms with van der Waals surface area (Å²) in [5.74, 6) is -2.34. The first kappa shape index (κ1) is 27.3. The minimum absolute atomic E-state index is 0.183. The Morgan fingerprint density at radius 2 is 1.79 bits per heavy atom. The van der Waals surface area contributed by atoms with Crippen LogP contribution in [0.15, 0.2) is 48.5 Å². The first-order chi connectivity index (χ1) is 18.5. The van der Waals surface area contributed by atoms with Crippen molar-refractivity contribution in [2.45, 2.75) is 77.2 Å². The quantitative estimate of drug-likeness (QED) is 0.475. The van der Waals surface area contributed by atoms with E-state index in [2.05, 4.69) is 10.6 Å². The number of nitrogens with one attached hydrogen (secondary N) is 2. The molecule has 0 aliphatic carbocycles. The zero-order valence-electron chi connectivity index (χ0n) is 23.4. The van der Waals surface area contributed by atoms with Crippen LogP contribution in [0.3, 0.4) is 0 Å². The lowest BCUT2D eigenvalue weighted by atomic mass is 9.66. The Kier molecular flexibility index (Phi) is 7.06. The predicted molar refractivity (Wildman–Crippen MR) is 149 cm³/mol. The van der Waals surface area contributed by atoms with Gasteiger partial charge in [0.25, 0.3) is 0 Å². The zero-order chi connectivity index (χ0) is 28.1. The second-order valence-electron chi connectivity index (χ2n) is 12.1. The molecule has 2 bridgehead atoms. The summed E-state index contributed by atoms with van der Waals surface area (Å²) in [4.78, 5) is 43.8. The molecule has 2 aromatic carbocycles. The third kappa shape index (κ3) is 4.53. The van der Waals surface area contributed by atoms with Crippen molar-refractivity contribution in [3.8, 4) is 0 Å². The lowest BCUT2D eigenvalue weighted by Gasteiger charge is -2.37. The number of ether oxygens (including phenoxy) is 1. The number of carbonyl (C=O) groups is 3. The predicted octanol–water partition coefficient (Wildman–Crippen LogP) is 4.05. The molecule has 0 radical (unpaired) electrons. The van der Waals surface area contributed by atoms with Crippen LogP contribution in [0.4, 0.5) is 11.4 Å². The van der Waals surface area contributed by atoms with E-state index in [-0.39, 0.29) is 30.2 Å². The Labute approximate surface area is 230 Å². The second kappa shape index (κ2) is 10.1. The van der Waals surface area contributed by atoms with Gasteiger partial charge in [-0.25, -0.2) is 0 Å². The van der Waals surface area contributed by atoms with Crippen molar-refractivity contribution in [2.75, 3.05) is 17.2 Å². The number of rotatable bonds is 8. The Hall–Kier alpha value is -3.23. The van der Waals surface area contributed by atoms with Crippen LogP contribution < -0.4 is 10.6 Å². The number of para-hydroxylation sites is 1. The summed E-state index contributed by atoms with van der Waals surface area (Å²) in [6.45, 7) is 9.52. The molecule has 0 aromatic heterocycles. The van der Waals surface area contributed by atoms with Crippen molar-refractivity contribution in [1.29, 1.82) is 0 Å². The molecule has 2 aromatic rings. The summed E-state index contributed by atoms with van der Waals surface area (Å²) >= 11 is 0. The van der Waals surface area contributed by atoms with E-state index in [1.54, 1.807) is 17.0 Å². The molecule has 3 aliphatic rings. The molecule has 3 saturated heterocycles. The molecule has 1 spiro atoms. The molecule has 0 saturated carbocycles. The number of hydrogen-bond acceptors (Lipinski definition) is 5. The fourth-order valence-electron chi connectivity index (χ4n) is 7.09. The van der Waals surface area contributed by atoms with Crippen molar-refractivity contribution >= 4 is 29.1 Å². The van der Waals surface area contributed by atoms with Crippen molar-refractivity contribution in [3.05, 3.63) is 59.7 Å². The number of amides is 3. The van der Waals surface area contributed by atoms with Crippen LogP contribution in [0.25, 0.3) is 0 Å². The third-order valence-corrected chi connectivity index (χ3v) is 8.79. The molecule has 3 amide bonds. The molecule has 2 unspecified atom stereocenters. The van der Waals surface area contributed by atoms with Crippen molar-refractivity contribution < 1.29 is 24.2 Å². The van der Waals surface area contributed by atoms with Crippen LogP contribution in [-0.4, -0.2) is 57.6 Å². The molecular weight excluding hydrogens is 494 g/mol. The van der Waals surface area contributed by atoms with Gasteiger partial charge in [0.15, 0.2) is 0 Å². The Morgan fingerprint density at radius 1 is 1.08 bits per heavy atom. The number of nitrogens with zero attached hydrogens (tertiary/aromatic N) is 1. The highest BCUT2D eigenvalue weighted by atomic mass is 16.5. The molecule has 5 rings (SSSR count). The smallest absolute Gasteiger partial charge is 0.250 e. The molecule has 8 nitrogen and oxygen atoms in total. The van der Waals surface area contributed by atoms with Gasteiger partial charge < -0.3 is 25.4 Å². The maximum atomic E-state index is 14.3. The minimum Gasteiger partial charge on any atom is -0.394 e. The van der Waals surface area contributed by atoms with Gasteiger partial charge in [-0.2, -0.15) is 0 Å². The molecule has 39 heavy (non-hydrogen) atoms. The molecule has 8 heteroatoms. The Morgan fingerprint density at radius 3 is 2.46 bits per heavy atom. The van der Waals surface area contributed by atoms with Gasteiger partial charge in [0.2, 0.25) is 17.7 Å². The van der Waals surface area contributed by atoms with Gasteiger partial charge in [-0.3, -0.25) is 14.4 Å². The van der Waals surface area contributed by atoms with Gasteiger partial charge in [0.1, 0.15) is 11.6 Å². The van der Waals surface area contributed by atoms with Gasteiger partial charge in [-0.15, -0.1) is 0 Å². The number of likely N-dealkylation sites (tertiary alicyclic amines) is 1. The molecule has 208 valence electrons. The Bertz CT molecular complexity index is 1280. The van der Waals surface area contributed by atoms with Crippen LogP contribution >= 0.6 is 0 Å². The fourth-order valence-corrected chi connectivity index (χ4v) is 7.09. The number of aliphatic hydroxyl groups excluding tert-OH is 1. The summed E-state index contributed by atoms with van der Waals surface area (Å²) in [5.41, 5.74) is 1.19. The standard InChI is InChI=1S/C31H39N3O5/c1-18(2)15-22(17-35)34-26(28(37)33-23-16-19(3)11-12-20(23)4)31-14-13-30(5,39-31)24(25(31)29(34)38)27(36)32-21-9-7-6-8-10-21/h6-12,16,18,22,24-26,35H,13-15,17H2,1-5H3,(H,32,36)(H,33,37)/t22-,24-,25+,26?,30+,31?/m1/s1. The number of anilines is 2. The molecule has 3 aliphatic heterocycles. The largest absolute Gasteiger partial charge is 0.394 e. The van der Waals surface area contributed by atoms with E-state index in [0.29, 0.717) is 30.6 Å². The highest BCUT2D eigenvalue weighted by molar-refractivity contribution is 6.05. The van der Waals surface area contributed by atoms with Crippen LogP contribution in [0, 0.1) is 31.6 Å². The van der Waals surface area contributed by atoms with E-state index >= 15 is 0 Å². The number of fused-ring (bicyclic) bond motifs is 1. The monoisotopic (exact) mass is 533 g/mol. The molecular formula is C31H39N3O5. The first-order valence-corrected chi connectivity index (χ1v) is 13.9. The lowest BCUT2D eigenvalue weighted by Crippen LogP contribution is -2.56. The third-order valence-electron chi connectivity index (χ3n) is 8.79. The van der Waals surface area contributed by atoms with E-state index in [0.717, 1.165) is 11.1 Å². The Balaban J connectivity index is 1.56. The number of aliphatic hydroxyl groups is 1. The summed E-state index contributed by atoms with van der Waals surface area (Å²) in [6.07, 6.45) is 1.56. The zero-order valence-corrected chi connectivity index (χ0v) is 23.4. The second-order valence-corrected chi connectivity index (χ2v) is 12.1. The van der Waals surface area contributed by atoms with E-state index < -0.39 is 35.1 Å². The highest BCUT2D eigenvalue weighted by Crippen LogP contribution is 2.63. The number of aryl methyl sites for hydroxylation is 2. The number of carbonyl (C=O) groups excluding carboxylic acids is 3. The van der Waals surface area contributed by atoms with Gasteiger partial charge in [0, 0.05) is 11.4 Å². The van der Waals surface area contributed by atoms with Crippen molar-refractivity contribution in [2.24, 2.45) is 17.8 Å². The summed E-state index contributed by atoms with van der Waals surface area (Å²) < 4.78 is 6.70. The number of hydrogen-bond donors (Lipinski definition) is 3. The van der Waals surface area contributed by atoms with E-state index in [1.807, 2.05) is 71.0 Å². The van der Waals surface area contributed by atoms with Crippen molar-refractivity contribution in [1.82, 2.24) is 4.90 Å². The molecule has 3 fully saturated rings. The summed E-state index contributed by atoms with van der Waals surface area (Å²) in [7, 11) is 0. The topological polar surface area (TPSA) is 108 Å². The lowest BCUT2D eigenvalue weighted by molar-refractivity contribution is -0.147. The highest BCUT2D eigenvalue weighted by Gasteiger charge is 2.78.